The first kappa shape index (κ1) is 7.03. The molecule has 0 aromatic heterocycles. The standard InChI is InChI=1S/C7H16N2/c1-7(2,3)9-6-4-8-5-6/h6,8-9H,4-5H2,1-3H3. The fourth-order valence-corrected chi connectivity index (χ4v) is 1.00. The summed E-state index contributed by atoms with van der Waals surface area (Å²) in [7, 11) is 0. The van der Waals surface area contributed by atoms with Crippen LogP contribution in [0.3, 0.4) is 0 Å². The lowest BCUT2D eigenvalue weighted by Crippen LogP contribution is -2.60. The molecule has 1 fully saturated rings. The molecule has 9 heavy (non-hydrogen) atoms. The van der Waals surface area contributed by atoms with Crippen LogP contribution in [0.15, 0.2) is 0 Å². The van der Waals surface area contributed by atoms with Gasteiger partial charge < -0.3 is 10.6 Å². The van der Waals surface area contributed by atoms with Crippen LogP contribution in [0.4, 0.5) is 0 Å². The molecule has 0 aromatic carbocycles. The summed E-state index contributed by atoms with van der Waals surface area (Å²) in [5.74, 6) is 0. The highest BCUT2D eigenvalue weighted by molar-refractivity contribution is 4.86. The number of rotatable bonds is 1. The third-order valence-corrected chi connectivity index (χ3v) is 1.42. The number of hydrogen-bond donors (Lipinski definition) is 2. The van der Waals surface area contributed by atoms with Gasteiger partial charge in [0.15, 0.2) is 0 Å². The third-order valence-electron chi connectivity index (χ3n) is 1.42. The normalized spacial score (nSPS) is 21.7. The van der Waals surface area contributed by atoms with E-state index in [-0.39, 0.29) is 5.54 Å². The Kier molecular flexibility index (Phi) is 1.78. The van der Waals surface area contributed by atoms with Gasteiger partial charge in [0.1, 0.15) is 0 Å². The monoisotopic (exact) mass is 128 g/mol. The average Bonchev–Trinajstić information content (AvgIpc) is 1.53. The van der Waals surface area contributed by atoms with Gasteiger partial charge in [0.2, 0.25) is 0 Å². The molecule has 0 atom stereocenters. The molecule has 0 aliphatic carbocycles. The Morgan fingerprint density at radius 2 is 1.89 bits per heavy atom. The SMILES string of the molecule is CC(C)(C)NC1CNC1. The molecule has 0 spiro atoms. The average molecular weight is 128 g/mol. The predicted octanol–water partition coefficient (Wildman–Crippen LogP) is 0.346. The van der Waals surface area contributed by atoms with Gasteiger partial charge in [-0.15, -0.1) is 0 Å². The second-order valence-corrected chi connectivity index (χ2v) is 3.75. The second-order valence-electron chi connectivity index (χ2n) is 3.75. The molecule has 1 aliphatic heterocycles. The number of nitrogens with one attached hydrogen (secondary N) is 2. The van der Waals surface area contributed by atoms with Gasteiger partial charge in [0, 0.05) is 24.7 Å². The van der Waals surface area contributed by atoms with E-state index >= 15 is 0 Å². The maximum absolute atomic E-state index is 3.49. The van der Waals surface area contributed by atoms with E-state index in [4.69, 9.17) is 0 Å². The predicted molar refractivity (Wildman–Crippen MR) is 39.5 cm³/mol. The van der Waals surface area contributed by atoms with Gasteiger partial charge in [0.05, 0.1) is 0 Å². The Bertz CT molecular complexity index is 89.6. The van der Waals surface area contributed by atoms with Crippen LogP contribution in [0, 0.1) is 0 Å². The Hall–Kier alpha value is -0.0800. The molecule has 0 unspecified atom stereocenters. The summed E-state index contributed by atoms with van der Waals surface area (Å²) in [5, 5.41) is 6.71. The molecule has 2 nitrogen and oxygen atoms in total. The van der Waals surface area contributed by atoms with E-state index in [2.05, 4.69) is 31.4 Å². The van der Waals surface area contributed by atoms with Crippen LogP contribution in [0.25, 0.3) is 0 Å². The van der Waals surface area contributed by atoms with Crippen molar-refractivity contribution in [2.45, 2.75) is 32.4 Å². The van der Waals surface area contributed by atoms with Crippen molar-refractivity contribution in [3.05, 3.63) is 0 Å². The van der Waals surface area contributed by atoms with Crippen LogP contribution in [-0.2, 0) is 0 Å². The van der Waals surface area contributed by atoms with Crippen LogP contribution in [0.5, 0.6) is 0 Å². The highest BCUT2D eigenvalue weighted by Crippen LogP contribution is 2.03. The Morgan fingerprint density at radius 3 is 2.00 bits per heavy atom. The van der Waals surface area contributed by atoms with E-state index in [9.17, 15) is 0 Å². The summed E-state index contributed by atoms with van der Waals surface area (Å²) in [6, 6.07) is 0.713. The molecule has 1 rings (SSSR count). The largest absolute Gasteiger partial charge is 0.314 e. The van der Waals surface area contributed by atoms with Crippen molar-refractivity contribution in [3.8, 4) is 0 Å². The highest BCUT2D eigenvalue weighted by Gasteiger charge is 2.21. The van der Waals surface area contributed by atoms with Crippen molar-refractivity contribution in [1.29, 1.82) is 0 Å². The fraction of sp³-hybridized carbons (Fsp3) is 1.00. The zero-order valence-electron chi connectivity index (χ0n) is 6.49. The molecule has 1 heterocycles. The first-order chi connectivity index (χ1) is 4.08. The summed E-state index contributed by atoms with van der Waals surface area (Å²) in [6.07, 6.45) is 0. The van der Waals surface area contributed by atoms with E-state index < -0.39 is 0 Å². The number of hydrogen-bond acceptors (Lipinski definition) is 2. The highest BCUT2D eigenvalue weighted by atomic mass is 15.1. The van der Waals surface area contributed by atoms with Gasteiger partial charge in [-0.3, -0.25) is 0 Å². The van der Waals surface area contributed by atoms with E-state index in [0.717, 1.165) is 13.1 Å². The molecule has 1 saturated heterocycles. The summed E-state index contributed by atoms with van der Waals surface area (Å²) in [5.41, 5.74) is 0.284. The molecule has 0 bridgehead atoms. The molecule has 0 saturated carbocycles. The Labute approximate surface area is 57.0 Å². The quantitative estimate of drug-likeness (QED) is 0.532. The summed E-state index contributed by atoms with van der Waals surface area (Å²) >= 11 is 0. The summed E-state index contributed by atoms with van der Waals surface area (Å²) in [6.45, 7) is 8.87. The lowest BCUT2D eigenvalue weighted by Gasteiger charge is -2.34. The zero-order chi connectivity index (χ0) is 6.91. The van der Waals surface area contributed by atoms with Crippen LogP contribution in [0.1, 0.15) is 20.8 Å². The van der Waals surface area contributed by atoms with Gasteiger partial charge in [-0.05, 0) is 20.8 Å². The molecule has 0 radical (unpaired) electrons. The maximum Gasteiger partial charge on any atom is 0.0322 e. The van der Waals surface area contributed by atoms with Crippen LogP contribution < -0.4 is 10.6 Å². The molecule has 0 aromatic rings. The first-order valence-electron chi connectivity index (χ1n) is 3.56. The molecular weight excluding hydrogens is 112 g/mol. The minimum Gasteiger partial charge on any atom is -0.314 e. The van der Waals surface area contributed by atoms with Crippen molar-refractivity contribution in [2.24, 2.45) is 0 Å². The van der Waals surface area contributed by atoms with Gasteiger partial charge in [-0.25, -0.2) is 0 Å². The van der Waals surface area contributed by atoms with Crippen molar-refractivity contribution in [2.75, 3.05) is 13.1 Å². The first-order valence-corrected chi connectivity index (χ1v) is 3.56. The minimum absolute atomic E-state index is 0.284. The topological polar surface area (TPSA) is 24.1 Å². The fourth-order valence-electron chi connectivity index (χ4n) is 1.00. The smallest absolute Gasteiger partial charge is 0.0322 e. The lowest BCUT2D eigenvalue weighted by atomic mass is 10.0. The van der Waals surface area contributed by atoms with E-state index in [1.54, 1.807) is 0 Å². The third kappa shape index (κ3) is 2.33. The van der Waals surface area contributed by atoms with Crippen molar-refractivity contribution in [3.63, 3.8) is 0 Å². The lowest BCUT2D eigenvalue weighted by molar-refractivity contribution is 0.286. The van der Waals surface area contributed by atoms with E-state index in [0.29, 0.717) is 6.04 Å². The maximum atomic E-state index is 3.49. The van der Waals surface area contributed by atoms with Crippen molar-refractivity contribution in [1.82, 2.24) is 10.6 Å². The molecule has 2 heteroatoms. The molecule has 54 valence electrons. The molecular formula is C7H16N2. The van der Waals surface area contributed by atoms with Crippen molar-refractivity contribution < 1.29 is 0 Å². The minimum atomic E-state index is 0.284. The summed E-state index contributed by atoms with van der Waals surface area (Å²) < 4.78 is 0. The van der Waals surface area contributed by atoms with E-state index in [1.165, 1.54) is 0 Å². The van der Waals surface area contributed by atoms with E-state index in [1.807, 2.05) is 0 Å². The Balaban J connectivity index is 2.16. The zero-order valence-corrected chi connectivity index (χ0v) is 6.49. The molecule has 1 aliphatic rings. The Morgan fingerprint density at radius 1 is 1.33 bits per heavy atom. The second kappa shape index (κ2) is 2.27. The molecule has 2 N–H and O–H groups in total. The summed E-state index contributed by atoms with van der Waals surface area (Å²) in [4.78, 5) is 0. The van der Waals surface area contributed by atoms with Gasteiger partial charge in [-0.1, -0.05) is 0 Å². The van der Waals surface area contributed by atoms with Gasteiger partial charge >= 0.3 is 0 Å². The van der Waals surface area contributed by atoms with Crippen molar-refractivity contribution >= 4 is 0 Å². The van der Waals surface area contributed by atoms with Crippen LogP contribution in [0.2, 0.25) is 0 Å². The van der Waals surface area contributed by atoms with Crippen LogP contribution >= 0.6 is 0 Å². The van der Waals surface area contributed by atoms with Gasteiger partial charge in [-0.2, -0.15) is 0 Å². The van der Waals surface area contributed by atoms with Crippen LogP contribution in [-0.4, -0.2) is 24.7 Å². The van der Waals surface area contributed by atoms with Gasteiger partial charge in [0.25, 0.3) is 0 Å². The molecule has 0 amide bonds.